The van der Waals surface area contributed by atoms with Gasteiger partial charge in [0.1, 0.15) is 5.78 Å². The van der Waals surface area contributed by atoms with Gasteiger partial charge in [-0.3, -0.25) is 4.79 Å². The molecule has 19 heavy (non-hydrogen) atoms. The minimum Gasteiger partial charge on any atom is -0.342 e. The van der Waals surface area contributed by atoms with Crippen LogP contribution in [0.3, 0.4) is 0 Å². The quantitative estimate of drug-likeness (QED) is 0.674. The first-order valence-electron chi connectivity index (χ1n) is 7.52. The van der Waals surface area contributed by atoms with Gasteiger partial charge in [0.05, 0.1) is 0 Å². The van der Waals surface area contributed by atoms with Crippen LogP contribution in [0.4, 0.5) is 0 Å². The van der Waals surface area contributed by atoms with Crippen molar-refractivity contribution in [2.24, 2.45) is 11.3 Å². The standard InChI is InChI=1S/C16H31NO2/c1-7-11-17(12-8-2)15(19)14(16(4,5)6)10-9-13(3)18/h14H,7-12H2,1-6H3/t14-/m1/s1. The molecule has 0 heterocycles. The van der Waals surface area contributed by atoms with Crippen molar-refractivity contribution in [1.29, 1.82) is 0 Å². The number of rotatable bonds is 8. The van der Waals surface area contributed by atoms with E-state index in [0.29, 0.717) is 12.8 Å². The summed E-state index contributed by atoms with van der Waals surface area (Å²) in [5.74, 6) is 0.325. The second-order valence-electron chi connectivity index (χ2n) is 6.48. The van der Waals surface area contributed by atoms with E-state index in [1.165, 1.54) is 0 Å². The van der Waals surface area contributed by atoms with Crippen LogP contribution in [-0.4, -0.2) is 29.7 Å². The number of Topliss-reactive ketones (excluding diaryl/α,β-unsaturated/α-hetero) is 1. The first kappa shape index (κ1) is 18.1. The van der Waals surface area contributed by atoms with E-state index < -0.39 is 0 Å². The van der Waals surface area contributed by atoms with Crippen LogP contribution in [0, 0.1) is 11.3 Å². The predicted octanol–water partition coefficient (Wildman–Crippen LogP) is 3.67. The highest BCUT2D eigenvalue weighted by atomic mass is 16.2. The van der Waals surface area contributed by atoms with Gasteiger partial charge in [-0.2, -0.15) is 0 Å². The van der Waals surface area contributed by atoms with Gasteiger partial charge < -0.3 is 9.69 Å². The average molecular weight is 269 g/mol. The van der Waals surface area contributed by atoms with Crippen LogP contribution in [0.5, 0.6) is 0 Å². The molecule has 0 unspecified atom stereocenters. The zero-order valence-corrected chi connectivity index (χ0v) is 13.6. The molecule has 112 valence electrons. The molecule has 0 N–H and O–H groups in total. The van der Waals surface area contributed by atoms with Gasteiger partial charge in [-0.25, -0.2) is 0 Å². The van der Waals surface area contributed by atoms with Gasteiger partial charge in [-0.15, -0.1) is 0 Å². The Kier molecular flexibility index (Phi) is 7.96. The SMILES string of the molecule is CCCN(CCC)C(=O)[C@@H](CCC(C)=O)C(C)(C)C. The summed E-state index contributed by atoms with van der Waals surface area (Å²) in [5, 5.41) is 0. The van der Waals surface area contributed by atoms with Gasteiger partial charge in [-0.1, -0.05) is 34.6 Å². The molecule has 0 rings (SSSR count). The van der Waals surface area contributed by atoms with Crippen molar-refractivity contribution in [2.45, 2.75) is 67.2 Å². The summed E-state index contributed by atoms with van der Waals surface area (Å²) in [6.07, 6.45) is 3.13. The van der Waals surface area contributed by atoms with E-state index >= 15 is 0 Å². The Bertz CT molecular complexity index is 286. The van der Waals surface area contributed by atoms with Crippen molar-refractivity contribution in [3.8, 4) is 0 Å². The molecule has 0 aromatic rings. The number of nitrogens with zero attached hydrogens (tertiary/aromatic N) is 1. The summed E-state index contributed by atoms with van der Waals surface area (Å²) >= 11 is 0. The lowest BCUT2D eigenvalue weighted by molar-refractivity contribution is -0.139. The molecular weight excluding hydrogens is 238 g/mol. The number of carbonyl (C=O) groups is 2. The Morgan fingerprint density at radius 1 is 1.05 bits per heavy atom. The third kappa shape index (κ3) is 6.74. The van der Waals surface area contributed by atoms with Crippen LogP contribution in [-0.2, 0) is 9.59 Å². The van der Waals surface area contributed by atoms with E-state index in [1.807, 2.05) is 4.90 Å². The highest BCUT2D eigenvalue weighted by Crippen LogP contribution is 2.31. The number of carbonyl (C=O) groups excluding carboxylic acids is 2. The smallest absolute Gasteiger partial charge is 0.226 e. The van der Waals surface area contributed by atoms with Crippen LogP contribution in [0.1, 0.15) is 67.2 Å². The van der Waals surface area contributed by atoms with E-state index in [0.717, 1.165) is 25.9 Å². The zero-order chi connectivity index (χ0) is 15.1. The molecule has 0 saturated carbocycles. The molecule has 1 amide bonds. The summed E-state index contributed by atoms with van der Waals surface area (Å²) in [6.45, 7) is 13.7. The molecule has 0 aliphatic heterocycles. The Morgan fingerprint density at radius 2 is 1.53 bits per heavy atom. The summed E-state index contributed by atoms with van der Waals surface area (Å²) < 4.78 is 0. The molecule has 0 fully saturated rings. The summed E-state index contributed by atoms with van der Waals surface area (Å²) in [6, 6.07) is 0. The van der Waals surface area contributed by atoms with E-state index in [2.05, 4.69) is 34.6 Å². The Hall–Kier alpha value is -0.860. The van der Waals surface area contributed by atoms with Crippen molar-refractivity contribution < 1.29 is 9.59 Å². The number of hydrogen-bond donors (Lipinski definition) is 0. The van der Waals surface area contributed by atoms with Gasteiger partial charge in [-0.05, 0) is 31.6 Å². The lowest BCUT2D eigenvalue weighted by atomic mass is 9.77. The molecule has 1 atom stereocenters. The molecule has 0 aromatic carbocycles. The van der Waals surface area contributed by atoms with Crippen LogP contribution >= 0.6 is 0 Å². The fourth-order valence-corrected chi connectivity index (χ4v) is 2.37. The lowest BCUT2D eigenvalue weighted by Crippen LogP contribution is -2.42. The highest BCUT2D eigenvalue weighted by molar-refractivity contribution is 5.81. The largest absolute Gasteiger partial charge is 0.342 e. The van der Waals surface area contributed by atoms with E-state index in [1.54, 1.807) is 6.92 Å². The van der Waals surface area contributed by atoms with E-state index in [4.69, 9.17) is 0 Å². The number of amides is 1. The zero-order valence-electron chi connectivity index (χ0n) is 13.6. The van der Waals surface area contributed by atoms with Crippen molar-refractivity contribution in [3.63, 3.8) is 0 Å². The van der Waals surface area contributed by atoms with Gasteiger partial charge in [0.15, 0.2) is 0 Å². The molecular formula is C16H31NO2. The van der Waals surface area contributed by atoms with E-state index in [9.17, 15) is 9.59 Å². The molecule has 3 nitrogen and oxygen atoms in total. The van der Waals surface area contributed by atoms with Crippen molar-refractivity contribution in [2.75, 3.05) is 13.1 Å². The molecule has 0 aliphatic carbocycles. The Labute approximate surface area is 118 Å². The summed E-state index contributed by atoms with van der Waals surface area (Å²) in [5.41, 5.74) is -0.0910. The maximum Gasteiger partial charge on any atom is 0.226 e. The third-order valence-corrected chi connectivity index (χ3v) is 3.43. The fourth-order valence-electron chi connectivity index (χ4n) is 2.37. The molecule has 0 saturated heterocycles. The van der Waals surface area contributed by atoms with Gasteiger partial charge in [0, 0.05) is 25.4 Å². The maximum atomic E-state index is 12.7. The Morgan fingerprint density at radius 3 is 1.84 bits per heavy atom. The second kappa shape index (κ2) is 8.34. The van der Waals surface area contributed by atoms with Crippen molar-refractivity contribution in [3.05, 3.63) is 0 Å². The van der Waals surface area contributed by atoms with Gasteiger partial charge in [0.25, 0.3) is 0 Å². The number of hydrogen-bond acceptors (Lipinski definition) is 2. The van der Waals surface area contributed by atoms with Gasteiger partial charge in [0.2, 0.25) is 5.91 Å². The topological polar surface area (TPSA) is 37.4 Å². The minimum atomic E-state index is -0.0910. The molecule has 0 aromatic heterocycles. The van der Waals surface area contributed by atoms with Crippen LogP contribution < -0.4 is 0 Å². The third-order valence-electron chi connectivity index (χ3n) is 3.43. The second-order valence-corrected chi connectivity index (χ2v) is 6.48. The normalized spacial score (nSPS) is 13.2. The van der Waals surface area contributed by atoms with E-state index in [-0.39, 0.29) is 23.0 Å². The van der Waals surface area contributed by atoms with Crippen LogP contribution in [0.25, 0.3) is 0 Å². The van der Waals surface area contributed by atoms with Crippen LogP contribution in [0.2, 0.25) is 0 Å². The first-order valence-corrected chi connectivity index (χ1v) is 7.52. The maximum absolute atomic E-state index is 12.7. The fraction of sp³-hybridized carbons (Fsp3) is 0.875. The lowest BCUT2D eigenvalue weighted by Gasteiger charge is -2.34. The summed E-state index contributed by atoms with van der Waals surface area (Å²) in [7, 11) is 0. The monoisotopic (exact) mass is 269 g/mol. The molecule has 3 heteroatoms. The number of ketones is 1. The van der Waals surface area contributed by atoms with Crippen molar-refractivity contribution in [1.82, 2.24) is 4.90 Å². The average Bonchev–Trinajstić information content (AvgIpc) is 2.26. The van der Waals surface area contributed by atoms with Gasteiger partial charge >= 0.3 is 0 Å². The highest BCUT2D eigenvalue weighted by Gasteiger charge is 2.33. The predicted molar refractivity (Wildman–Crippen MR) is 80.0 cm³/mol. The summed E-state index contributed by atoms with van der Waals surface area (Å²) in [4.78, 5) is 25.9. The first-order chi connectivity index (χ1) is 8.73. The minimum absolute atomic E-state index is 0.0606. The molecule has 0 spiro atoms. The van der Waals surface area contributed by atoms with Crippen LogP contribution in [0.15, 0.2) is 0 Å². The molecule has 0 radical (unpaired) electrons. The molecule has 0 bridgehead atoms. The van der Waals surface area contributed by atoms with Crippen molar-refractivity contribution >= 4 is 11.7 Å². The Balaban J connectivity index is 4.90. The molecule has 0 aliphatic rings.